The summed E-state index contributed by atoms with van der Waals surface area (Å²) in [6.45, 7) is 0. The molecule has 1 N–H and O–H groups in total. The molecule has 0 heterocycles. The van der Waals surface area contributed by atoms with Gasteiger partial charge in [-0.25, -0.2) is 0 Å². The molecule has 0 amide bonds. The van der Waals surface area contributed by atoms with Crippen molar-refractivity contribution in [3.8, 4) is 0 Å². The highest BCUT2D eigenvalue weighted by molar-refractivity contribution is 7.90. The number of carbonyl (C=O) groups excluding carboxylic acids is 2. The topological polar surface area (TPSA) is 88.5 Å². The fourth-order valence-electron chi connectivity index (χ4n) is 2.95. The molecule has 0 saturated heterocycles. The van der Waals surface area contributed by atoms with Crippen LogP contribution in [0.1, 0.15) is 0 Å². The number of allylic oxidation sites excluding steroid dienone is 7. The second-order valence-corrected chi connectivity index (χ2v) is 6.50. The van der Waals surface area contributed by atoms with Gasteiger partial charge in [0.1, 0.15) is 11.6 Å². The van der Waals surface area contributed by atoms with Crippen LogP contribution in [-0.2, 0) is 19.7 Å². The highest BCUT2D eigenvalue weighted by Gasteiger charge is 2.47. The normalized spacial score (nSPS) is 35.5. The average molecular weight is 292 g/mol. The zero-order valence-corrected chi connectivity index (χ0v) is 11.2. The van der Waals surface area contributed by atoms with Crippen LogP contribution in [0.2, 0.25) is 0 Å². The predicted molar refractivity (Wildman–Crippen MR) is 71.0 cm³/mol. The van der Waals surface area contributed by atoms with Crippen molar-refractivity contribution in [1.29, 1.82) is 0 Å². The molecule has 104 valence electrons. The van der Waals surface area contributed by atoms with E-state index in [0.717, 1.165) is 0 Å². The van der Waals surface area contributed by atoms with Gasteiger partial charge >= 0.3 is 0 Å². The van der Waals surface area contributed by atoms with Crippen molar-refractivity contribution in [2.45, 2.75) is 0 Å². The van der Waals surface area contributed by atoms with E-state index in [2.05, 4.69) is 0 Å². The first-order valence-corrected chi connectivity index (χ1v) is 7.63. The molecule has 0 bridgehead atoms. The van der Waals surface area contributed by atoms with Crippen LogP contribution >= 0.6 is 0 Å². The van der Waals surface area contributed by atoms with Crippen molar-refractivity contribution in [3.05, 3.63) is 47.4 Å². The summed E-state index contributed by atoms with van der Waals surface area (Å²) in [4.78, 5) is 24.5. The number of hydrogen-bond acceptors (Lipinski definition) is 4. The molecule has 4 atom stereocenters. The molecule has 0 radical (unpaired) electrons. The molecule has 0 aromatic heterocycles. The van der Waals surface area contributed by atoms with E-state index in [1.807, 2.05) is 0 Å². The van der Waals surface area contributed by atoms with Crippen LogP contribution in [0.5, 0.6) is 0 Å². The van der Waals surface area contributed by atoms with Crippen LogP contribution in [0.4, 0.5) is 0 Å². The van der Waals surface area contributed by atoms with Crippen molar-refractivity contribution in [2.75, 3.05) is 0 Å². The minimum Gasteiger partial charge on any atom is -0.298 e. The first-order chi connectivity index (χ1) is 9.39. The Morgan fingerprint density at radius 2 is 1.35 bits per heavy atom. The minimum atomic E-state index is -4.37. The third-order valence-corrected chi connectivity index (χ3v) is 4.81. The summed E-state index contributed by atoms with van der Waals surface area (Å²) in [5, 5.41) is 0. The maximum Gasteiger partial charge on any atom is 0.294 e. The average Bonchev–Trinajstić information content (AvgIpc) is 2.43. The van der Waals surface area contributed by atoms with Crippen molar-refractivity contribution < 1.29 is 22.6 Å². The molecule has 3 rings (SSSR count). The molecular weight excluding hydrogens is 280 g/mol. The first-order valence-electron chi connectivity index (χ1n) is 6.19. The summed E-state index contributed by atoms with van der Waals surface area (Å²) in [5.41, 5.74) is 0. The van der Waals surface area contributed by atoms with Crippen LogP contribution in [0.3, 0.4) is 0 Å². The van der Waals surface area contributed by atoms with Crippen LogP contribution < -0.4 is 0 Å². The lowest BCUT2D eigenvalue weighted by Crippen LogP contribution is -2.46. The highest BCUT2D eigenvalue weighted by atomic mass is 32.2. The molecule has 3 aliphatic rings. The Bertz CT molecular complexity index is 708. The summed E-state index contributed by atoms with van der Waals surface area (Å²) in [5.74, 6) is -2.77. The van der Waals surface area contributed by atoms with Crippen LogP contribution in [-0.4, -0.2) is 24.5 Å². The zero-order chi connectivity index (χ0) is 14.5. The number of hydrogen-bond donors (Lipinski definition) is 1. The van der Waals surface area contributed by atoms with Gasteiger partial charge in [0.2, 0.25) is 0 Å². The standard InChI is InChI=1S/C14H12O5S/c15-13-9-3-1-2-4-10(9)14(16)12-7-8(20(17,18)19)5-6-11(12)13/h1-7,9-12H,(H,17,18,19). The molecule has 0 aromatic rings. The number of ketones is 2. The van der Waals surface area contributed by atoms with Crippen LogP contribution in [0.15, 0.2) is 47.4 Å². The fourth-order valence-corrected chi connectivity index (χ4v) is 3.52. The van der Waals surface area contributed by atoms with E-state index in [9.17, 15) is 18.0 Å². The van der Waals surface area contributed by atoms with Crippen LogP contribution in [0.25, 0.3) is 0 Å². The molecule has 3 aliphatic carbocycles. The lowest BCUT2D eigenvalue weighted by Gasteiger charge is -2.36. The van der Waals surface area contributed by atoms with Gasteiger partial charge in [-0.2, -0.15) is 8.42 Å². The predicted octanol–water partition coefficient (Wildman–Crippen LogP) is 1.07. The van der Waals surface area contributed by atoms with Crippen molar-refractivity contribution in [3.63, 3.8) is 0 Å². The maximum absolute atomic E-state index is 12.4. The van der Waals surface area contributed by atoms with Crippen molar-refractivity contribution in [2.24, 2.45) is 23.7 Å². The van der Waals surface area contributed by atoms with Gasteiger partial charge in [-0.05, 0) is 6.08 Å². The quantitative estimate of drug-likeness (QED) is 0.730. The summed E-state index contributed by atoms with van der Waals surface area (Å²) >= 11 is 0. The lowest BCUT2D eigenvalue weighted by molar-refractivity contribution is -0.140. The van der Waals surface area contributed by atoms with Gasteiger partial charge < -0.3 is 0 Å². The van der Waals surface area contributed by atoms with Gasteiger partial charge in [0.05, 0.1) is 10.8 Å². The molecule has 6 heteroatoms. The number of carbonyl (C=O) groups is 2. The van der Waals surface area contributed by atoms with Crippen LogP contribution in [0, 0.1) is 23.7 Å². The zero-order valence-electron chi connectivity index (χ0n) is 10.3. The van der Waals surface area contributed by atoms with E-state index in [4.69, 9.17) is 4.55 Å². The second-order valence-electron chi connectivity index (χ2n) is 5.08. The molecular formula is C14H12O5S. The van der Waals surface area contributed by atoms with Gasteiger partial charge in [0.15, 0.2) is 0 Å². The third kappa shape index (κ3) is 1.92. The smallest absolute Gasteiger partial charge is 0.294 e. The van der Waals surface area contributed by atoms with Gasteiger partial charge in [-0.3, -0.25) is 14.1 Å². The summed E-state index contributed by atoms with van der Waals surface area (Å²) in [6, 6.07) is 0. The van der Waals surface area contributed by atoms with E-state index < -0.39 is 33.8 Å². The fraction of sp³-hybridized carbons (Fsp3) is 0.286. The monoisotopic (exact) mass is 292 g/mol. The molecule has 5 nitrogen and oxygen atoms in total. The number of rotatable bonds is 1. The summed E-state index contributed by atoms with van der Waals surface area (Å²) in [6.07, 6.45) is 10.6. The van der Waals surface area contributed by atoms with E-state index >= 15 is 0 Å². The Kier molecular flexibility index (Phi) is 2.88. The first kappa shape index (κ1) is 13.2. The number of Topliss-reactive ketones (excluding diaryl/α,β-unsaturated/α-hetero) is 2. The molecule has 1 fully saturated rings. The molecule has 20 heavy (non-hydrogen) atoms. The van der Waals surface area contributed by atoms with Gasteiger partial charge in [-0.1, -0.05) is 36.5 Å². The Balaban J connectivity index is 2.04. The highest BCUT2D eigenvalue weighted by Crippen LogP contribution is 2.40. The Morgan fingerprint density at radius 3 is 1.90 bits per heavy atom. The van der Waals surface area contributed by atoms with Gasteiger partial charge in [-0.15, -0.1) is 0 Å². The van der Waals surface area contributed by atoms with E-state index in [1.54, 1.807) is 24.3 Å². The van der Waals surface area contributed by atoms with Crippen molar-refractivity contribution >= 4 is 21.7 Å². The number of fused-ring (bicyclic) bond motifs is 2. The molecule has 0 aliphatic heterocycles. The Morgan fingerprint density at radius 1 is 0.850 bits per heavy atom. The third-order valence-electron chi connectivity index (χ3n) is 3.95. The Labute approximate surface area is 116 Å². The van der Waals surface area contributed by atoms with E-state index in [1.165, 1.54) is 18.2 Å². The second kappa shape index (κ2) is 4.36. The lowest BCUT2D eigenvalue weighted by atomic mass is 9.64. The minimum absolute atomic E-state index is 0.0953. The van der Waals surface area contributed by atoms with E-state index in [-0.39, 0.29) is 16.5 Å². The Hall–Kier alpha value is -1.79. The molecule has 1 saturated carbocycles. The van der Waals surface area contributed by atoms with E-state index in [0.29, 0.717) is 0 Å². The summed E-state index contributed by atoms with van der Waals surface area (Å²) < 4.78 is 31.3. The molecule has 4 unspecified atom stereocenters. The summed E-state index contributed by atoms with van der Waals surface area (Å²) in [7, 11) is -4.37. The largest absolute Gasteiger partial charge is 0.298 e. The molecule has 0 spiro atoms. The van der Waals surface area contributed by atoms with Crippen molar-refractivity contribution in [1.82, 2.24) is 0 Å². The SMILES string of the molecule is O=C1C2C=CC=CC2C(=O)C2C=C(S(=O)(=O)O)C=CC12. The maximum atomic E-state index is 12.4. The van der Waals surface area contributed by atoms with Gasteiger partial charge in [0.25, 0.3) is 10.1 Å². The van der Waals surface area contributed by atoms with Gasteiger partial charge in [0, 0.05) is 17.8 Å². The molecule has 0 aromatic carbocycles.